The van der Waals surface area contributed by atoms with Crippen LogP contribution in [0.3, 0.4) is 0 Å². The Bertz CT molecular complexity index is 2090. The number of para-hydroxylation sites is 2. The minimum absolute atomic E-state index is 0. The van der Waals surface area contributed by atoms with E-state index in [1.54, 1.807) is 56.3 Å². The number of rotatable bonds is 8. The Kier molecular flexibility index (Phi) is 16.5. The van der Waals surface area contributed by atoms with Crippen molar-refractivity contribution in [3.8, 4) is 38.4 Å². The van der Waals surface area contributed by atoms with Gasteiger partial charge in [-0.05, 0) is 80.4 Å². The number of H-pyrrole nitrogens is 1. The third kappa shape index (κ3) is 11.2. The van der Waals surface area contributed by atoms with Crippen LogP contribution in [-0.2, 0) is 19.1 Å². The minimum Gasteiger partial charge on any atom is -0.468 e. The van der Waals surface area contributed by atoms with Gasteiger partial charge in [-0.2, -0.15) is 0 Å². The summed E-state index contributed by atoms with van der Waals surface area (Å²) in [5.41, 5.74) is 2.95. The highest BCUT2D eigenvalue weighted by molar-refractivity contribution is 9.11. The van der Waals surface area contributed by atoms with Crippen LogP contribution in [0.2, 0.25) is 10.0 Å². The topological polar surface area (TPSA) is 117 Å². The number of methoxy groups -OCH3 is 2. The van der Waals surface area contributed by atoms with E-state index >= 15 is 0 Å². The Morgan fingerprint density at radius 1 is 0.800 bits per heavy atom. The van der Waals surface area contributed by atoms with Crippen LogP contribution >= 0.6 is 93.7 Å². The Morgan fingerprint density at radius 2 is 1.34 bits per heavy atom. The van der Waals surface area contributed by atoms with Crippen LogP contribution in [-0.4, -0.2) is 57.7 Å². The van der Waals surface area contributed by atoms with Crippen molar-refractivity contribution in [3.05, 3.63) is 113 Å². The number of aromatic amines is 1. The number of hydrogen-bond acceptors (Lipinski definition) is 9. The van der Waals surface area contributed by atoms with E-state index in [1.807, 2.05) is 60.7 Å². The predicted molar refractivity (Wildman–Crippen MR) is 212 cm³/mol. The summed E-state index contributed by atoms with van der Waals surface area (Å²) in [6.07, 6.45) is 0. The first kappa shape index (κ1) is 41.2. The number of esters is 2. The van der Waals surface area contributed by atoms with E-state index in [-0.39, 0.29) is 30.9 Å². The third-order valence-electron chi connectivity index (χ3n) is 6.15. The molecule has 0 saturated carbocycles. The van der Waals surface area contributed by atoms with E-state index in [1.165, 1.54) is 14.2 Å². The lowest BCUT2D eigenvalue weighted by Crippen LogP contribution is -2.12. The van der Waals surface area contributed by atoms with Crippen molar-refractivity contribution in [3.63, 3.8) is 0 Å². The SMILES string of the molecule is C.COC(=O)CBr.COC(=O)COc1cc(-c2ccc(Br)s2)n(-c2ccccc2Cl)n1.O=c1cc(-c2ccc(Br)s2)n(-c2ccccc2Cl)[nH]1. The second kappa shape index (κ2) is 20.0. The zero-order valence-electron chi connectivity index (χ0n) is 25.5. The maximum absolute atomic E-state index is 11.6. The number of nitrogens with one attached hydrogen (secondary N) is 1. The molecule has 0 aliphatic heterocycles. The molecule has 17 heteroatoms. The van der Waals surface area contributed by atoms with E-state index in [4.69, 9.17) is 27.9 Å². The molecule has 50 heavy (non-hydrogen) atoms. The third-order valence-corrected chi connectivity index (χ3v) is 10.5. The van der Waals surface area contributed by atoms with Crippen molar-refractivity contribution >= 4 is 106 Å². The Labute approximate surface area is 331 Å². The fourth-order valence-electron chi connectivity index (χ4n) is 3.96. The van der Waals surface area contributed by atoms with Gasteiger partial charge in [0, 0.05) is 12.1 Å². The number of nitrogens with zero attached hydrogens (tertiary/aromatic N) is 3. The summed E-state index contributed by atoms with van der Waals surface area (Å²) in [6, 6.07) is 26.0. The summed E-state index contributed by atoms with van der Waals surface area (Å²) in [6.45, 7) is -0.205. The van der Waals surface area contributed by atoms with E-state index in [0.29, 0.717) is 15.9 Å². The van der Waals surface area contributed by atoms with Gasteiger partial charge in [0.2, 0.25) is 5.88 Å². The molecule has 0 atom stereocenters. The molecule has 4 heterocycles. The molecule has 2 aromatic carbocycles. The summed E-state index contributed by atoms with van der Waals surface area (Å²) >= 11 is 25.4. The summed E-state index contributed by atoms with van der Waals surface area (Å²) in [4.78, 5) is 34.8. The second-order valence-electron chi connectivity index (χ2n) is 9.31. The molecule has 4 aromatic heterocycles. The largest absolute Gasteiger partial charge is 0.468 e. The van der Waals surface area contributed by atoms with Crippen molar-refractivity contribution in [1.29, 1.82) is 0 Å². The van der Waals surface area contributed by atoms with E-state index < -0.39 is 5.97 Å². The molecule has 0 spiro atoms. The lowest BCUT2D eigenvalue weighted by atomic mass is 10.3. The van der Waals surface area contributed by atoms with Crippen LogP contribution in [0.5, 0.6) is 5.88 Å². The first-order chi connectivity index (χ1) is 23.5. The van der Waals surface area contributed by atoms with Crippen LogP contribution < -0.4 is 10.3 Å². The van der Waals surface area contributed by atoms with Gasteiger partial charge in [-0.3, -0.25) is 19.4 Å². The van der Waals surface area contributed by atoms with Crippen LogP contribution in [0.4, 0.5) is 0 Å². The molecule has 10 nitrogen and oxygen atoms in total. The molecule has 0 amide bonds. The number of benzene rings is 2. The minimum atomic E-state index is -0.470. The highest BCUT2D eigenvalue weighted by Gasteiger charge is 2.17. The molecular weight excluding hydrogens is 923 g/mol. The van der Waals surface area contributed by atoms with Gasteiger partial charge >= 0.3 is 11.9 Å². The monoisotopic (exact) mass is 948 g/mol. The highest BCUT2D eigenvalue weighted by atomic mass is 79.9. The lowest BCUT2D eigenvalue weighted by molar-refractivity contribution is -0.143. The van der Waals surface area contributed by atoms with Crippen molar-refractivity contribution in [1.82, 2.24) is 19.6 Å². The molecule has 0 bridgehead atoms. The normalized spacial score (nSPS) is 10.1. The molecule has 0 fully saturated rings. The first-order valence-electron chi connectivity index (χ1n) is 13.8. The fraction of sp³-hybridized carbons (Fsp3) is 0.152. The summed E-state index contributed by atoms with van der Waals surface area (Å²) in [5, 5.41) is 8.64. The van der Waals surface area contributed by atoms with Gasteiger partial charge in [0.05, 0.1) is 64.4 Å². The summed E-state index contributed by atoms with van der Waals surface area (Å²) in [5.74, 6) is -0.391. The van der Waals surface area contributed by atoms with Gasteiger partial charge in [0.15, 0.2) is 6.61 Å². The van der Waals surface area contributed by atoms with E-state index in [2.05, 4.69) is 67.5 Å². The molecule has 0 aliphatic rings. The Hall–Kier alpha value is -3.18. The predicted octanol–water partition coefficient (Wildman–Crippen LogP) is 10.1. The molecule has 6 aromatic rings. The number of carbonyl (C=O) groups excluding carboxylic acids is 2. The molecule has 6 rings (SSSR count). The number of alkyl halides is 1. The number of aromatic nitrogens is 4. The van der Waals surface area contributed by atoms with Gasteiger partial charge in [-0.1, -0.05) is 70.8 Å². The molecule has 264 valence electrons. The van der Waals surface area contributed by atoms with Crippen molar-refractivity contribution < 1.29 is 23.8 Å². The molecule has 0 unspecified atom stereocenters. The van der Waals surface area contributed by atoms with Gasteiger partial charge in [-0.15, -0.1) is 27.8 Å². The number of ether oxygens (including phenoxy) is 3. The molecule has 0 aliphatic carbocycles. The highest BCUT2D eigenvalue weighted by Crippen LogP contribution is 2.36. The van der Waals surface area contributed by atoms with Crippen molar-refractivity contribution in [2.75, 3.05) is 26.2 Å². The quantitative estimate of drug-likeness (QED) is 0.119. The van der Waals surface area contributed by atoms with E-state index in [9.17, 15) is 14.4 Å². The average Bonchev–Trinajstić information content (AvgIpc) is 3.91. The smallest absolute Gasteiger partial charge is 0.343 e. The molecule has 1 N–H and O–H groups in total. The average molecular weight is 952 g/mol. The number of carbonyl (C=O) groups is 2. The maximum atomic E-state index is 11.6. The number of thiophene rings is 2. The number of halogens is 5. The lowest BCUT2D eigenvalue weighted by Gasteiger charge is -2.08. The fourth-order valence-corrected chi connectivity index (χ4v) is 7.40. The standard InChI is InChI=1S/C16H12BrClN2O3S.C13H8BrClN2OS.C3H5BrO2.CH4/c1-22-16(21)9-23-15-8-12(13-6-7-14(17)24-13)20(19-15)11-5-3-2-4-10(11)18;14-12-6-5-11(19-12)10-7-13(18)16-17(10)9-4-2-1-3-8(9)15;1-6-3(5)2-4;/h2-8H,9H2,1H3;1-7H,(H,16,18);2H2,1H3;1H4. The summed E-state index contributed by atoms with van der Waals surface area (Å²) in [7, 11) is 2.66. The van der Waals surface area contributed by atoms with Crippen molar-refractivity contribution in [2.24, 2.45) is 0 Å². The van der Waals surface area contributed by atoms with Crippen LogP contribution in [0, 0.1) is 0 Å². The van der Waals surface area contributed by atoms with E-state index in [0.717, 1.165) is 40.1 Å². The Balaban J connectivity index is 0.000000233. The van der Waals surface area contributed by atoms with Crippen LogP contribution in [0.15, 0.2) is 97.3 Å². The Morgan fingerprint density at radius 3 is 1.82 bits per heavy atom. The molecular formula is C33H29Br3Cl2N4O6S2. The first-order valence-corrected chi connectivity index (χ1v) is 18.9. The van der Waals surface area contributed by atoms with Crippen LogP contribution in [0.1, 0.15) is 7.43 Å². The van der Waals surface area contributed by atoms with Gasteiger partial charge in [0.1, 0.15) is 5.33 Å². The van der Waals surface area contributed by atoms with Gasteiger partial charge < -0.3 is 14.2 Å². The number of hydrogen-bond donors (Lipinski definition) is 1. The van der Waals surface area contributed by atoms with Crippen molar-refractivity contribution in [2.45, 2.75) is 7.43 Å². The zero-order valence-corrected chi connectivity index (χ0v) is 33.4. The maximum Gasteiger partial charge on any atom is 0.343 e. The van der Waals surface area contributed by atoms with Gasteiger partial charge in [0.25, 0.3) is 5.56 Å². The second-order valence-corrected chi connectivity index (χ2v) is 15.6. The molecule has 0 radical (unpaired) electrons. The zero-order chi connectivity index (χ0) is 35.5. The van der Waals surface area contributed by atoms with Gasteiger partial charge in [-0.25, -0.2) is 9.48 Å². The molecule has 0 saturated heterocycles. The van der Waals surface area contributed by atoms with Crippen LogP contribution in [0.25, 0.3) is 32.5 Å². The summed E-state index contributed by atoms with van der Waals surface area (Å²) < 4.78 is 19.6.